The molecule has 7 heteroatoms. The van der Waals surface area contributed by atoms with Crippen LogP contribution < -0.4 is 10.6 Å². The second-order valence-corrected chi connectivity index (χ2v) is 5.82. The van der Waals surface area contributed by atoms with Gasteiger partial charge in [-0.1, -0.05) is 30.0 Å². The van der Waals surface area contributed by atoms with Crippen LogP contribution in [-0.2, 0) is 0 Å². The molecule has 3 rings (SSSR count). The summed E-state index contributed by atoms with van der Waals surface area (Å²) in [5.74, 6) is 0.295. The highest BCUT2D eigenvalue weighted by molar-refractivity contribution is 8.14. The number of nitrogens with zero attached hydrogens (tertiary/aromatic N) is 2. The van der Waals surface area contributed by atoms with E-state index in [9.17, 15) is 9.59 Å². The van der Waals surface area contributed by atoms with Gasteiger partial charge in [0.25, 0.3) is 5.91 Å². The van der Waals surface area contributed by atoms with Gasteiger partial charge >= 0.3 is 6.03 Å². The highest BCUT2D eigenvalue weighted by atomic mass is 32.2. The van der Waals surface area contributed by atoms with Crippen molar-refractivity contribution in [2.24, 2.45) is 4.99 Å². The molecule has 2 aromatic rings. The number of amidine groups is 1. The van der Waals surface area contributed by atoms with Crippen molar-refractivity contribution in [3.63, 3.8) is 0 Å². The fourth-order valence-corrected chi connectivity index (χ4v) is 3.04. The number of nitrogens with one attached hydrogen (secondary N) is 2. The van der Waals surface area contributed by atoms with Gasteiger partial charge in [0.1, 0.15) is 0 Å². The quantitative estimate of drug-likeness (QED) is 0.887. The highest BCUT2D eigenvalue weighted by Crippen LogP contribution is 2.28. The molecule has 116 valence electrons. The summed E-state index contributed by atoms with van der Waals surface area (Å²) in [5, 5.41) is 5.40. The number of carbonyl (C=O) groups is 2. The maximum absolute atomic E-state index is 11.9. The van der Waals surface area contributed by atoms with Crippen LogP contribution in [0.2, 0.25) is 0 Å². The molecular formula is C16H14N4O2S. The van der Waals surface area contributed by atoms with Gasteiger partial charge in [0.05, 0.1) is 6.04 Å². The number of imide groups is 1. The third-order valence-corrected chi connectivity index (χ3v) is 4.19. The molecule has 1 aliphatic rings. The van der Waals surface area contributed by atoms with Crippen LogP contribution in [0, 0.1) is 0 Å². The Bertz CT molecular complexity index is 734. The largest absolute Gasteiger partial charge is 0.327 e. The zero-order chi connectivity index (χ0) is 16.1. The number of benzene rings is 1. The molecule has 0 aliphatic carbocycles. The third kappa shape index (κ3) is 3.95. The van der Waals surface area contributed by atoms with Crippen LogP contribution >= 0.6 is 11.8 Å². The summed E-state index contributed by atoms with van der Waals surface area (Å²) < 4.78 is 0. The van der Waals surface area contributed by atoms with E-state index < -0.39 is 11.9 Å². The van der Waals surface area contributed by atoms with E-state index in [0.29, 0.717) is 10.7 Å². The number of carbonyl (C=O) groups excluding carboxylic acids is 2. The number of amides is 3. The number of pyridine rings is 1. The molecule has 2 N–H and O–H groups in total. The molecule has 2 heterocycles. The standard InChI is InChI=1S/C16H14N4O2S/c21-14(12-4-2-1-3-5-12)19-15(22)20-16-18-13(10-23-16)11-6-8-17-9-7-11/h1-9,13H,10H2,(H2,18,19,20,21,22). The van der Waals surface area contributed by atoms with Gasteiger partial charge in [0.15, 0.2) is 5.17 Å². The Kier molecular flexibility index (Phi) is 4.68. The minimum absolute atomic E-state index is 0.0110. The lowest BCUT2D eigenvalue weighted by molar-refractivity contribution is 0.0965. The van der Waals surface area contributed by atoms with E-state index >= 15 is 0 Å². The SMILES string of the molecule is O=C(NC(=O)c1ccccc1)NC1=NC(c2ccncc2)CS1. The average molecular weight is 326 g/mol. The summed E-state index contributed by atoms with van der Waals surface area (Å²) >= 11 is 1.44. The highest BCUT2D eigenvalue weighted by Gasteiger charge is 2.21. The van der Waals surface area contributed by atoms with Crippen LogP contribution in [0.15, 0.2) is 59.9 Å². The van der Waals surface area contributed by atoms with Gasteiger partial charge in [-0.05, 0) is 29.8 Å². The van der Waals surface area contributed by atoms with Crippen molar-refractivity contribution in [3.8, 4) is 0 Å². The molecule has 0 radical (unpaired) electrons. The van der Waals surface area contributed by atoms with E-state index in [-0.39, 0.29) is 6.04 Å². The number of aromatic nitrogens is 1. The molecule has 3 amide bonds. The summed E-state index contributed by atoms with van der Waals surface area (Å²) in [6.45, 7) is 0. The second-order valence-electron chi connectivity index (χ2n) is 4.82. The minimum atomic E-state index is -0.583. The summed E-state index contributed by atoms with van der Waals surface area (Å²) in [4.78, 5) is 32.2. The van der Waals surface area contributed by atoms with Crippen LogP contribution in [0.1, 0.15) is 22.0 Å². The fourth-order valence-electron chi connectivity index (χ4n) is 2.09. The minimum Gasteiger partial charge on any atom is -0.287 e. The number of hydrogen-bond acceptors (Lipinski definition) is 5. The Morgan fingerprint density at radius 2 is 1.83 bits per heavy atom. The summed E-state index contributed by atoms with van der Waals surface area (Å²) in [7, 11) is 0. The average Bonchev–Trinajstić information content (AvgIpc) is 3.04. The molecule has 1 aromatic heterocycles. The fraction of sp³-hybridized carbons (Fsp3) is 0.125. The molecule has 0 fully saturated rings. The van der Waals surface area contributed by atoms with E-state index in [1.54, 1.807) is 42.7 Å². The van der Waals surface area contributed by atoms with Crippen LogP contribution in [0.3, 0.4) is 0 Å². The Morgan fingerprint density at radius 3 is 2.57 bits per heavy atom. The normalized spacial score (nSPS) is 16.5. The first kappa shape index (κ1) is 15.2. The molecule has 23 heavy (non-hydrogen) atoms. The third-order valence-electron chi connectivity index (χ3n) is 3.23. The van der Waals surface area contributed by atoms with Gasteiger partial charge in [-0.15, -0.1) is 0 Å². The molecule has 6 nitrogen and oxygen atoms in total. The first-order valence-corrected chi connectivity index (χ1v) is 7.99. The molecule has 0 saturated heterocycles. The Balaban J connectivity index is 1.57. The van der Waals surface area contributed by atoms with Crippen molar-refractivity contribution in [2.45, 2.75) is 6.04 Å². The number of rotatable bonds is 2. The summed E-state index contributed by atoms with van der Waals surface area (Å²) in [6.07, 6.45) is 3.43. The summed E-state index contributed by atoms with van der Waals surface area (Å²) in [6, 6.07) is 11.8. The van der Waals surface area contributed by atoms with E-state index in [1.807, 2.05) is 12.1 Å². The maximum Gasteiger partial charge on any atom is 0.327 e. The first-order valence-electron chi connectivity index (χ1n) is 7.00. The zero-order valence-corrected chi connectivity index (χ0v) is 12.9. The van der Waals surface area contributed by atoms with Crippen molar-refractivity contribution in [1.82, 2.24) is 15.6 Å². The monoisotopic (exact) mass is 326 g/mol. The van der Waals surface area contributed by atoms with Crippen molar-refractivity contribution in [1.29, 1.82) is 0 Å². The number of thioether (sulfide) groups is 1. The molecule has 0 bridgehead atoms. The molecule has 1 aliphatic heterocycles. The molecule has 0 spiro atoms. The lowest BCUT2D eigenvalue weighted by atomic mass is 10.1. The number of urea groups is 1. The van der Waals surface area contributed by atoms with Gasteiger partial charge in [-0.25, -0.2) is 4.79 Å². The molecule has 1 aromatic carbocycles. The lowest BCUT2D eigenvalue weighted by Gasteiger charge is -2.05. The van der Waals surface area contributed by atoms with Crippen LogP contribution in [0.25, 0.3) is 0 Å². The predicted molar refractivity (Wildman–Crippen MR) is 89.3 cm³/mol. The summed E-state index contributed by atoms with van der Waals surface area (Å²) in [5.41, 5.74) is 1.48. The van der Waals surface area contributed by atoms with Gasteiger partial charge in [0, 0.05) is 23.7 Å². The topological polar surface area (TPSA) is 83.5 Å². The Morgan fingerprint density at radius 1 is 1.09 bits per heavy atom. The Hall–Kier alpha value is -2.67. The van der Waals surface area contributed by atoms with Gasteiger partial charge in [-0.2, -0.15) is 0 Å². The van der Waals surface area contributed by atoms with Gasteiger partial charge in [0.2, 0.25) is 0 Å². The van der Waals surface area contributed by atoms with Crippen molar-refractivity contribution in [2.75, 3.05) is 5.75 Å². The van der Waals surface area contributed by atoms with Gasteiger partial charge in [-0.3, -0.25) is 25.4 Å². The lowest BCUT2D eigenvalue weighted by Crippen LogP contribution is -2.41. The van der Waals surface area contributed by atoms with E-state index in [4.69, 9.17) is 0 Å². The van der Waals surface area contributed by atoms with Crippen molar-refractivity contribution < 1.29 is 9.59 Å². The van der Waals surface area contributed by atoms with E-state index in [0.717, 1.165) is 11.3 Å². The van der Waals surface area contributed by atoms with Crippen molar-refractivity contribution >= 4 is 28.9 Å². The predicted octanol–water partition coefficient (Wildman–Crippen LogP) is 2.37. The van der Waals surface area contributed by atoms with Crippen LogP contribution in [0.4, 0.5) is 4.79 Å². The zero-order valence-electron chi connectivity index (χ0n) is 12.1. The van der Waals surface area contributed by atoms with E-state index in [2.05, 4.69) is 20.6 Å². The van der Waals surface area contributed by atoms with Gasteiger partial charge < -0.3 is 0 Å². The molecular weight excluding hydrogens is 312 g/mol. The van der Waals surface area contributed by atoms with Crippen LogP contribution in [-0.4, -0.2) is 27.8 Å². The van der Waals surface area contributed by atoms with Crippen LogP contribution in [0.5, 0.6) is 0 Å². The second kappa shape index (κ2) is 7.06. The maximum atomic E-state index is 11.9. The number of hydrogen-bond donors (Lipinski definition) is 2. The number of aliphatic imine (C=N–C) groups is 1. The molecule has 0 saturated carbocycles. The van der Waals surface area contributed by atoms with Crippen molar-refractivity contribution in [3.05, 3.63) is 66.0 Å². The van der Waals surface area contributed by atoms with E-state index in [1.165, 1.54) is 11.8 Å². The first-order chi connectivity index (χ1) is 11.2. The molecule has 1 unspecified atom stereocenters. The molecule has 1 atom stereocenters. The smallest absolute Gasteiger partial charge is 0.287 e. The Labute approximate surface area is 137 Å².